The first-order valence-corrected chi connectivity index (χ1v) is 11.3. The standard InChI is InChI=1S/C26H29N3O4/c1-32-23-12-6-8-18(24(23)33-2)13-14-27-25(30)19-9-5-7-17(15-19)16-22-20-10-3-4-11-21(20)26(31)29-28-22/h5-9,12,15H,3-4,10-11,13-14,16H2,1-2H3,(H,27,30)(H,29,31). The molecule has 0 saturated heterocycles. The number of amides is 1. The monoisotopic (exact) mass is 447 g/mol. The van der Waals surface area contributed by atoms with Gasteiger partial charge in [-0.05, 0) is 67.0 Å². The summed E-state index contributed by atoms with van der Waals surface area (Å²) in [6.07, 6.45) is 5.01. The summed E-state index contributed by atoms with van der Waals surface area (Å²) in [4.78, 5) is 24.9. The van der Waals surface area contributed by atoms with Crippen LogP contribution in [0, 0.1) is 0 Å². The fraction of sp³-hybridized carbons (Fsp3) is 0.346. The Balaban J connectivity index is 1.42. The third kappa shape index (κ3) is 5.08. The van der Waals surface area contributed by atoms with Crippen molar-refractivity contribution in [3.8, 4) is 11.5 Å². The number of rotatable bonds is 8. The molecule has 1 amide bonds. The van der Waals surface area contributed by atoms with Gasteiger partial charge in [0.25, 0.3) is 11.5 Å². The Morgan fingerprint density at radius 1 is 1.06 bits per heavy atom. The number of ether oxygens (including phenoxy) is 2. The lowest BCUT2D eigenvalue weighted by Gasteiger charge is -2.17. The number of benzene rings is 2. The van der Waals surface area contributed by atoms with E-state index < -0.39 is 0 Å². The molecule has 2 aromatic carbocycles. The van der Waals surface area contributed by atoms with Gasteiger partial charge in [-0.2, -0.15) is 5.10 Å². The minimum absolute atomic E-state index is 0.0748. The van der Waals surface area contributed by atoms with Crippen LogP contribution in [0.4, 0.5) is 0 Å². The van der Waals surface area contributed by atoms with Crippen molar-refractivity contribution in [1.29, 1.82) is 0 Å². The topological polar surface area (TPSA) is 93.3 Å². The molecule has 0 aliphatic heterocycles. The van der Waals surface area contributed by atoms with Crippen LogP contribution in [0.1, 0.15) is 51.1 Å². The number of fused-ring (bicyclic) bond motifs is 1. The molecule has 7 nitrogen and oxygen atoms in total. The number of hydrogen-bond donors (Lipinski definition) is 2. The van der Waals surface area contributed by atoms with Crippen LogP contribution in [0.15, 0.2) is 47.3 Å². The maximum atomic E-state index is 12.8. The number of H-pyrrole nitrogens is 1. The van der Waals surface area contributed by atoms with E-state index >= 15 is 0 Å². The summed E-state index contributed by atoms with van der Waals surface area (Å²) in [5.74, 6) is 1.23. The van der Waals surface area contributed by atoms with Crippen molar-refractivity contribution >= 4 is 5.91 Å². The highest BCUT2D eigenvalue weighted by atomic mass is 16.5. The Kier molecular flexibility index (Phi) is 7.07. The molecule has 0 bridgehead atoms. The van der Waals surface area contributed by atoms with E-state index in [1.54, 1.807) is 20.3 Å². The Bertz CT molecular complexity index is 1200. The molecule has 172 valence electrons. The highest BCUT2D eigenvalue weighted by molar-refractivity contribution is 5.94. The van der Waals surface area contributed by atoms with Crippen molar-refractivity contribution in [3.05, 3.63) is 86.3 Å². The van der Waals surface area contributed by atoms with E-state index in [-0.39, 0.29) is 11.5 Å². The largest absolute Gasteiger partial charge is 0.493 e. The van der Waals surface area contributed by atoms with Crippen molar-refractivity contribution in [3.63, 3.8) is 0 Å². The van der Waals surface area contributed by atoms with E-state index in [9.17, 15) is 9.59 Å². The number of carbonyl (C=O) groups is 1. The van der Waals surface area contributed by atoms with Crippen LogP contribution < -0.4 is 20.3 Å². The molecule has 0 saturated carbocycles. The van der Waals surface area contributed by atoms with Gasteiger partial charge in [-0.15, -0.1) is 0 Å². The molecule has 1 aromatic heterocycles. The summed E-state index contributed by atoms with van der Waals surface area (Å²) < 4.78 is 10.8. The van der Waals surface area contributed by atoms with Gasteiger partial charge in [-0.25, -0.2) is 5.10 Å². The molecule has 33 heavy (non-hydrogen) atoms. The SMILES string of the molecule is COc1cccc(CCNC(=O)c2cccc(Cc3n[nH]c(=O)c4c3CCCC4)c2)c1OC. The van der Waals surface area contributed by atoms with Gasteiger partial charge in [-0.3, -0.25) is 9.59 Å². The first-order valence-electron chi connectivity index (χ1n) is 11.3. The lowest BCUT2D eigenvalue weighted by atomic mass is 9.90. The zero-order valence-corrected chi connectivity index (χ0v) is 19.1. The van der Waals surface area contributed by atoms with Gasteiger partial charge in [0.15, 0.2) is 11.5 Å². The van der Waals surface area contributed by atoms with E-state index in [0.29, 0.717) is 36.4 Å². The number of para-hydroxylation sites is 1. The van der Waals surface area contributed by atoms with Crippen LogP contribution >= 0.6 is 0 Å². The lowest BCUT2D eigenvalue weighted by molar-refractivity contribution is 0.0954. The molecule has 1 aliphatic carbocycles. The highest BCUT2D eigenvalue weighted by Crippen LogP contribution is 2.30. The molecule has 2 N–H and O–H groups in total. The molecule has 1 heterocycles. The normalized spacial score (nSPS) is 12.7. The van der Waals surface area contributed by atoms with E-state index in [4.69, 9.17) is 9.47 Å². The van der Waals surface area contributed by atoms with Crippen molar-refractivity contribution in [2.75, 3.05) is 20.8 Å². The summed E-state index contributed by atoms with van der Waals surface area (Å²) in [6, 6.07) is 13.3. The molecular formula is C26H29N3O4. The molecule has 0 fully saturated rings. The van der Waals surface area contributed by atoms with Crippen LogP contribution in [0.5, 0.6) is 11.5 Å². The average Bonchev–Trinajstić information content (AvgIpc) is 2.85. The van der Waals surface area contributed by atoms with Gasteiger partial charge >= 0.3 is 0 Å². The van der Waals surface area contributed by atoms with Crippen molar-refractivity contribution in [2.24, 2.45) is 0 Å². The van der Waals surface area contributed by atoms with Crippen LogP contribution in [-0.2, 0) is 25.7 Å². The van der Waals surface area contributed by atoms with Crippen molar-refractivity contribution in [2.45, 2.75) is 38.5 Å². The number of hydrogen-bond acceptors (Lipinski definition) is 5. The Morgan fingerprint density at radius 3 is 2.64 bits per heavy atom. The fourth-order valence-electron chi connectivity index (χ4n) is 4.45. The zero-order valence-electron chi connectivity index (χ0n) is 19.1. The lowest BCUT2D eigenvalue weighted by Crippen LogP contribution is -2.26. The summed E-state index contributed by atoms with van der Waals surface area (Å²) >= 11 is 0. The quantitative estimate of drug-likeness (QED) is 0.553. The Hall–Kier alpha value is -3.61. The first-order chi connectivity index (χ1) is 16.1. The zero-order chi connectivity index (χ0) is 23.2. The third-order valence-corrected chi connectivity index (χ3v) is 6.11. The van der Waals surface area contributed by atoms with Crippen LogP contribution in [-0.4, -0.2) is 36.9 Å². The second kappa shape index (κ2) is 10.3. The maximum Gasteiger partial charge on any atom is 0.267 e. The number of aromatic nitrogens is 2. The molecule has 0 unspecified atom stereocenters. The minimum atomic E-state index is -0.129. The van der Waals surface area contributed by atoms with Gasteiger partial charge in [-0.1, -0.05) is 24.3 Å². The van der Waals surface area contributed by atoms with Crippen molar-refractivity contribution in [1.82, 2.24) is 15.5 Å². The third-order valence-electron chi connectivity index (χ3n) is 6.11. The highest BCUT2D eigenvalue weighted by Gasteiger charge is 2.18. The average molecular weight is 448 g/mol. The minimum Gasteiger partial charge on any atom is -0.493 e. The van der Waals surface area contributed by atoms with Crippen molar-refractivity contribution < 1.29 is 14.3 Å². The number of aromatic amines is 1. The summed E-state index contributed by atoms with van der Waals surface area (Å²) in [5.41, 5.74) is 5.33. The number of nitrogens with one attached hydrogen (secondary N) is 2. The summed E-state index contributed by atoms with van der Waals surface area (Å²) in [6.45, 7) is 0.474. The van der Waals surface area contributed by atoms with E-state index in [1.165, 1.54) is 0 Å². The first kappa shape index (κ1) is 22.6. The predicted molar refractivity (Wildman–Crippen MR) is 126 cm³/mol. The molecular weight excluding hydrogens is 418 g/mol. The number of carbonyl (C=O) groups excluding carboxylic acids is 1. The van der Waals surface area contributed by atoms with Gasteiger partial charge in [0.2, 0.25) is 0 Å². The molecule has 1 aliphatic rings. The van der Waals surface area contributed by atoms with E-state index in [1.807, 2.05) is 36.4 Å². The number of nitrogens with zero attached hydrogens (tertiary/aromatic N) is 1. The van der Waals surface area contributed by atoms with Crippen LogP contribution in [0.2, 0.25) is 0 Å². The molecule has 0 spiro atoms. The molecule has 4 rings (SSSR count). The Labute approximate surface area is 193 Å². The van der Waals surface area contributed by atoms with Gasteiger partial charge in [0.05, 0.1) is 19.9 Å². The fourth-order valence-corrected chi connectivity index (χ4v) is 4.45. The van der Waals surface area contributed by atoms with Gasteiger partial charge in [0, 0.05) is 24.1 Å². The molecule has 0 atom stereocenters. The van der Waals surface area contributed by atoms with Crippen LogP contribution in [0.25, 0.3) is 0 Å². The van der Waals surface area contributed by atoms with E-state index in [2.05, 4.69) is 15.5 Å². The maximum absolute atomic E-state index is 12.8. The smallest absolute Gasteiger partial charge is 0.267 e. The summed E-state index contributed by atoms with van der Waals surface area (Å²) in [7, 11) is 3.22. The van der Waals surface area contributed by atoms with Gasteiger partial charge < -0.3 is 14.8 Å². The molecule has 0 radical (unpaired) electrons. The predicted octanol–water partition coefficient (Wildman–Crippen LogP) is 3.23. The Morgan fingerprint density at radius 2 is 1.85 bits per heavy atom. The second-order valence-corrected chi connectivity index (χ2v) is 8.20. The molecule has 7 heteroatoms. The van der Waals surface area contributed by atoms with Gasteiger partial charge in [0.1, 0.15) is 0 Å². The number of methoxy groups -OCH3 is 2. The van der Waals surface area contributed by atoms with Crippen LogP contribution in [0.3, 0.4) is 0 Å². The molecule has 3 aromatic rings. The van der Waals surface area contributed by atoms with E-state index in [0.717, 1.165) is 53.6 Å². The summed E-state index contributed by atoms with van der Waals surface area (Å²) in [5, 5.41) is 9.94. The second-order valence-electron chi connectivity index (χ2n) is 8.20.